The minimum Gasteiger partial charge on any atom is -0.332 e. The van der Waals surface area contributed by atoms with Crippen LogP contribution in [0.25, 0.3) is 15.5 Å². The Kier molecular flexibility index (Phi) is 5.32. The number of thiocarbonyl (C=S) groups is 1. The van der Waals surface area contributed by atoms with E-state index >= 15 is 0 Å². The van der Waals surface area contributed by atoms with Crippen molar-refractivity contribution in [1.29, 1.82) is 0 Å². The molecule has 0 saturated heterocycles. The van der Waals surface area contributed by atoms with Crippen molar-refractivity contribution in [3.05, 3.63) is 65.5 Å². The summed E-state index contributed by atoms with van der Waals surface area (Å²) in [7, 11) is 0. The van der Waals surface area contributed by atoms with E-state index in [1.165, 1.54) is 11.3 Å². The van der Waals surface area contributed by atoms with Crippen molar-refractivity contribution in [2.45, 2.75) is 20.3 Å². The lowest BCUT2D eigenvalue weighted by atomic mass is 10.1. The maximum Gasteiger partial charge on any atom is 0.234 e. The minimum absolute atomic E-state index is 0.161. The summed E-state index contributed by atoms with van der Waals surface area (Å²) in [5, 5.41) is 19.6. The predicted molar refractivity (Wildman–Crippen MR) is 118 cm³/mol. The molecule has 0 radical (unpaired) electrons. The maximum absolute atomic E-state index is 12.2. The van der Waals surface area contributed by atoms with Crippen LogP contribution in [-0.2, 0) is 11.2 Å². The Morgan fingerprint density at radius 2 is 1.93 bits per heavy atom. The quantitative estimate of drug-likeness (QED) is 0.490. The second-order valence-electron chi connectivity index (χ2n) is 6.54. The van der Waals surface area contributed by atoms with E-state index in [0.29, 0.717) is 0 Å². The van der Waals surface area contributed by atoms with Gasteiger partial charge in [0, 0.05) is 11.3 Å². The van der Waals surface area contributed by atoms with Crippen LogP contribution >= 0.6 is 23.6 Å². The standard InChI is InChI=1S/C20H18N6OS2/c1-12-8-9-15(18-25-26-13(2)23-24-20(26)29-18)11-16(12)21-19(28)22-17(27)10-14-6-4-3-5-7-14/h3-9,11H,10H2,1-2H3,(H2,21,22,27,28). The summed E-state index contributed by atoms with van der Waals surface area (Å²) in [5.74, 6) is 0.585. The molecule has 2 aromatic heterocycles. The van der Waals surface area contributed by atoms with Crippen molar-refractivity contribution in [2.24, 2.45) is 0 Å². The number of nitrogens with zero attached hydrogens (tertiary/aromatic N) is 4. The Labute approximate surface area is 176 Å². The number of carbonyl (C=O) groups is 1. The number of fused-ring (bicyclic) bond motifs is 1. The normalized spacial score (nSPS) is 10.8. The van der Waals surface area contributed by atoms with Gasteiger partial charge in [-0.3, -0.25) is 4.79 Å². The molecule has 4 rings (SSSR count). The van der Waals surface area contributed by atoms with E-state index in [9.17, 15) is 4.79 Å². The molecular formula is C20H18N6OS2. The van der Waals surface area contributed by atoms with E-state index in [2.05, 4.69) is 25.9 Å². The molecule has 0 unspecified atom stereocenters. The van der Waals surface area contributed by atoms with Gasteiger partial charge in [0.2, 0.25) is 10.9 Å². The number of amides is 1. The third-order valence-corrected chi connectivity index (χ3v) is 5.49. The third-order valence-electron chi connectivity index (χ3n) is 4.34. The van der Waals surface area contributed by atoms with Gasteiger partial charge in [-0.25, -0.2) is 0 Å². The van der Waals surface area contributed by atoms with Gasteiger partial charge in [0.05, 0.1) is 6.42 Å². The van der Waals surface area contributed by atoms with Crippen molar-refractivity contribution in [3.63, 3.8) is 0 Å². The second kappa shape index (κ2) is 8.06. The smallest absolute Gasteiger partial charge is 0.234 e. The summed E-state index contributed by atoms with van der Waals surface area (Å²) >= 11 is 6.79. The highest BCUT2D eigenvalue weighted by Crippen LogP contribution is 2.29. The van der Waals surface area contributed by atoms with Gasteiger partial charge in [-0.2, -0.15) is 9.61 Å². The summed E-state index contributed by atoms with van der Waals surface area (Å²) in [6, 6.07) is 15.5. The number of hydrogen-bond acceptors (Lipinski definition) is 6. The first-order chi connectivity index (χ1) is 14.0. The summed E-state index contributed by atoms with van der Waals surface area (Å²) in [4.78, 5) is 13.0. The maximum atomic E-state index is 12.2. The van der Waals surface area contributed by atoms with Crippen LogP contribution in [0.2, 0.25) is 0 Å². The molecule has 1 amide bonds. The summed E-state index contributed by atoms with van der Waals surface area (Å²) in [5.41, 5.74) is 3.69. The molecule has 0 fully saturated rings. The van der Waals surface area contributed by atoms with Gasteiger partial charge in [0.15, 0.2) is 10.9 Å². The largest absolute Gasteiger partial charge is 0.332 e. The number of nitrogens with one attached hydrogen (secondary N) is 2. The molecule has 4 aromatic rings. The van der Waals surface area contributed by atoms with E-state index in [1.807, 2.05) is 62.4 Å². The highest BCUT2D eigenvalue weighted by atomic mass is 32.1. The summed E-state index contributed by atoms with van der Waals surface area (Å²) in [6.07, 6.45) is 0.272. The van der Waals surface area contributed by atoms with Crippen LogP contribution in [0, 0.1) is 13.8 Å². The molecule has 0 aliphatic heterocycles. The Morgan fingerprint density at radius 3 is 2.69 bits per heavy atom. The molecule has 2 aromatic carbocycles. The average Bonchev–Trinajstić information content (AvgIpc) is 3.26. The van der Waals surface area contributed by atoms with E-state index in [4.69, 9.17) is 12.2 Å². The number of benzene rings is 2. The van der Waals surface area contributed by atoms with Gasteiger partial charge in [0.25, 0.3) is 0 Å². The van der Waals surface area contributed by atoms with Crippen LogP contribution in [0.5, 0.6) is 0 Å². The van der Waals surface area contributed by atoms with E-state index in [0.717, 1.165) is 38.2 Å². The molecule has 0 atom stereocenters. The fourth-order valence-electron chi connectivity index (χ4n) is 2.83. The lowest BCUT2D eigenvalue weighted by Crippen LogP contribution is -2.35. The van der Waals surface area contributed by atoms with Crippen LogP contribution < -0.4 is 10.6 Å². The fourth-order valence-corrected chi connectivity index (χ4v) is 3.93. The zero-order valence-corrected chi connectivity index (χ0v) is 17.5. The van der Waals surface area contributed by atoms with Crippen molar-refractivity contribution < 1.29 is 4.79 Å². The first kappa shape index (κ1) is 19.2. The molecule has 2 N–H and O–H groups in total. The summed E-state index contributed by atoms with van der Waals surface area (Å²) in [6.45, 7) is 3.84. The average molecular weight is 423 g/mol. The van der Waals surface area contributed by atoms with Crippen LogP contribution in [-0.4, -0.2) is 30.8 Å². The molecular weight excluding hydrogens is 404 g/mol. The van der Waals surface area contributed by atoms with Crippen molar-refractivity contribution in [3.8, 4) is 10.6 Å². The van der Waals surface area contributed by atoms with Crippen LogP contribution in [0.4, 0.5) is 5.69 Å². The van der Waals surface area contributed by atoms with Gasteiger partial charge < -0.3 is 10.6 Å². The Hall–Kier alpha value is -3.17. The van der Waals surface area contributed by atoms with Gasteiger partial charge >= 0.3 is 0 Å². The predicted octanol–water partition coefficient (Wildman–Crippen LogP) is 3.53. The molecule has 9 heteroatoms. The van der Waals surface area contributed by atoms with Gasteiger partial charge in [-0.1, -0.05) is 53.8 Å². The molecule has 0 spiro atoms. The first-order valence-electron chi connectivity index (χ1n) is 8.94. The lowest BCUT2D eigenvalue weighted by Gasteiger charge is -2.12. The first-order valence-corrected chi connectivity index (χ1v) is 10.2. The van der Waals surface area contributed by atoms with Crippen LogP contribution in [0.15, 0.2) is 48.5 Å². The van der Waals surface area contributed by atoms with Crippen molar-refractivity contribution in [1.82, 2.24) is 25.1 Å². The molecule has 0 bridgehead atoms. The van der Waals surface area contributed by atoms with Gasteiger partial charge in [0.1, 0.15) is 5.01 Å². The lowest BCUT2D eigenvalue weighted by molar-refractivity contribution is -0.119. The molecule has 0 saturated carbocycles. The number of aromatic nitrogens is 4. The second-order valence-corrected chi connectivity index (χ2v) is 7.91. The number of anilines is 1. The van der Waals surface area contributed by atoms with E-state index in [1.54, 1.807) is 4.52 Å². The topological polar surface area (TPSA) is 84.2 Å². The van der Waals surface area contributed by atoms with Gasteiger partial charge in [-0.15, -0.1) is 10.2 Å². The monoisotopic (exact) mass is 422 g/mol. The number of hydrogen-bond donors (Lipinski definition) is 2. The summed E-state index contributed by atoms with van der Waals surface area (Å²) < 4.78 is 1.72. The molecule has 146 valence electrons. The number of carbonyl (C=O) groups excluding carboxylic acids is 1. The van der Waals surface area contributed by atoms with Crippen molar-refractivity contribution in [2.75, 3.05) is 5.32 Å². The van der Waals surface area contributed by atoms with Crippen LogP contribution in [0.3, 0.4) is 0 Å². The fraction of sp³-hybridized carbons (Fsp3) is 0.150. The molecule has 29 heavy (non-hydrogen) atoms. The van der Waals surface area contributed by atoms with E-state index < -0.39 is 0 Å². The minimum atomic E-state index is -0.161. The Morgan fingerprint density at radius 1 is 1.14 bits per heavy atom. The van der Waals surface area contributed by atoms with Gasteiger partial charge in [-0.05, 0) is 43.3 Å². The molecule has 2 heterocycles. The third kappa shape index (κ3) is 4.30. The van der Waals surface area contributed by atoms with Crippen molar-refractivity contribution >= 4 is 45.2 Å². The zero-order chi connectivity index (χ0) is 20.4. The van der Waals surface area contributed by atoms with Crippen LogP contribution in [0.1, 0.15) is 17.0 Å². The highest BCUT2D eigenvalue weighted by molar-refractivity contribution is 7.80. The Bertz CT molecular complexity index is 1200. The Balaban J connectivity index is 1.47. The number of rotatable bonds is 4. The number of aryl methyl sites for hydroxylation is 2. The zero-order valence-electron chi connectivity index (χ0n) is 15.8. The SMILES string of the molecule is Cc1ccc(-c2nn3c(C)nnc3s2)cc1NC(=S)NC(=O)Cc1ccccc1. The highest BCUT2D eigenvalue weighted by Gasteiger charge is 2.13. The molecule has 0 aliphatic carbocycles. The molecule has 7 nitrogen and oxygen atoms in total. The molecule has 0 aliphatic rings. The van der Waals surface area contributed by atoms with E-state index in [-0.39, 0.29) is 17.4 Å².